The van der Waals surface area contributed by atoms with Crippen LogP contribution in [0.5, 0.6) is 0 Å². The largest absolute Gasteiger partial charge is 0.314 e. The van der Waals surface area contributed by atoms with Crippen molar-refractivity contribution < 1.29 is 0 Å². The predicted octanol–water partition coefficient (Wildman–Crippen LogP) is 2.56. The summed E-state index contributed by atoms with van der Waals surface area (Å²) in [6, 6.07) is 0. The molecule has 1 fully saturated rings. The van der Waals surface area contributed by atoms with Crippen LogP contribution in [-0.4, -0.2) is 16.8 Å². The van der Waals surface area contributed by atoms with Crippen molar-refractivity contribution in [2.75, 3.05) is 7.05 Å². The van der Waals surface area contributed by atoms with Gasteiger partial charge in [0.25, 0.3) is 0 Å². The fraction of sp³-hybridized carbons (Fsp3) is 0.727. The number of halogens is 1. The van der Waals surface area contributed by atoms with Crippen molar-refractivity contribution in [3.63, 3.8) is 0 Å². The van der Waals surface area contributed by atoms with Crippen molar-refractivity contribution in [1.82, 2.24) is 15.1 Å². The number of nitrogens with one attached hydrogen (secondary N) is 1. The van der Waals surface area contributed by atoms with E-state index >= 15 is 0 Å². The van der Waals surface area contributed by atoms with E-state index in [-0.39, 0.29) is 0 Å². The summed E-state index contributed by atoms with van der Waals surface area (Å²) in [6.07, 6.45) is 5.31. The SMILES string of the molecule is CNCc1c(Br)c(C2CCCC2)nn1C. The molecule has 3 nitrogen and oxygen atoms in total. The van der Waals surface area contributed by atoms with E-state index in [0.29, 0.717) is 5.92 Å². The highest BCUT2D eigenvalue weighted by Gasteiger charge is 2.24. The summed E-state index contributed by atoms with van der Waals surface area (Å²) < 4.78 is 3.21. The Balaban J connectivity index is 2.27. The number of hydrogen-bond acceptors (Lipinski definition) is 2. The van der Waals surface area contributed by atoms with E-state index in [4.69, 9.17) is 0 Å². The van der Waals surface area contributed by atoms with Crippen LogP contribution in [0.4, 0.5) is 0 Å². The van der Waals surface area contributed by atoms with Crippen molar-refractivity contribution in [2.45, 2.75) is 38.1 Å². The molecule has 0 unspecified atom stereocenters. The molecule has 0 aromatic carbocycles. The summed E-state index contributed by atoms with van der Waals surface area (Å²) in [5.41, 5.74) is 2.51. The maximum absolute atomic E-state index is 4.64. The highest BCUT2D eigenvalue weighted by molar-refractivity contribution is 9.10. The second-order valence-corrected chi connectivity index (χ2v) is 5.07. The molecular weight excluding hydrogens is 254 g/mol. The summed E-state index contributed by atoms with van der Waals surface area (Å²) >= 11 is 3.69. The Kier molecular flexibility index (Phi) is 3.46. The Labute approximate surface area is 99.4 Å². The molecule has 0 aliphatic heterocycles. The first-order valence-electron chi connectivity index (χ1n) is 5.60. The quantitative estimate of drug-likeness (QED) is 0.916. The number of hydrogen-bond donors (Lipinski definition) is 1. The summed E-state index contributed by atoms with van der Waals surface area (Å²) in [4.78, 5) is 0. The maximum Gasteiger partial charge on any atom is 0.0800 e. The normalized spacial score (nSPS) is 17.5. The smallest absolute Gasteiger partial charge is 0.0800 e. The van der Waals surface area contributed by atoms with E-state index in [1.807, 2.05) is 18.8 Å². The first kappa shape index (κ1) is 11.1. The minimum Gasteiger partial charge on any atom is -0.314 e. The van der Waals surface area contributed by atoms with Gasteiger partial charge in [-0.2, -0.15) is 5.10 Å². The zero-order valence-corrected chi connectivity index (χ0v) is 11.0. The zero-order valence-electron chi connectivity index (χ0n) is 9.39. The van der Waals surface area contributed by atoms with Crippen LogP contribution < -0.4 is 5.32 Å². The average molecular weight is 272 g/mol. The lowest BCUT2D eigenvalue weighted by atomic mass is 10.0. The number of rotatable bonds is 3. The van der Waals surface area contributed by atoms with Gasteiger partial charge in [-0.1, -0.05) is 12.8 Å². The Morgan fingerprint density at radius 3 is 2.73 bits per heavy atom. The fourth-order valence-electron chi connectivity index (χ4n) is 2.38. The molecule has 1 aliphatic rings. The van der Waals surface area contributed by atoms with Crippen molar-refractivity contribution in [3.05, 3.63) is 15.9 Å². The third kappa shape index (κ3) is 2.11. The van der Waals surface area contributed by atoms with Crippen molar-refractivity contribution in [1.29, 1.82) is 0 Å². The average Bonchev–Trinajstić information content (AvgIpc) is 2.81. The molecule has 1 N–H and O–H groups in total. The van der Waals surface area contributed by atoms with Gasteiger partial charge in [-0.05, 0) is 35.8 Å². The third-order valence-corrected chi connectivity index (χ3v) is 4.08. The van der Waals surface area contributed by atoms with Gasteiger partial charge in [0.2, 0.25) is 0 Å². The van der Waals surface area contributed by atoms with E-state index in [2.05, 4.69) is 26.3 Å². The van der Waals surface area contributed by atoms with E-state index < -0.39 is 0 Å². The molecule has 0 amide bonds. The first-order valence-corrected chi connectivity index (χ1v) is 6.39. The minimum atomic E-state index is 0.677. The zero-order chi connectivity index (χ0) is 10.8. The Morgan fingerprint density at radius 2 is 2.13 bits per heavy atom. The minimum absolute atomic E-state index is 0.677. The molecule has 15 heavy (non-hydrogen) atoms. The lowest BCUT2D eigenvalue weighted by Crippen LogP contribution is -2.10. The number of aromatic nitrogens is 2. The highest BCUT2D eigenvalue weighted by atomic mass is 79.9. The highest BCUT2D eigenvalue weighted by Crippen LogP contribution is 2.37. The lowest BCUT2D eigenvalue weighted by Gasteiger charge is -2.05. The second kappa shape index (κ2) is 4.66. The van der Waals surface area contributed by atoms with Gasteiger partial charge in [0.15, 0.2) is 0 Å². The van der Waals surface area contributed by atoms with Crippen LogP contribution >= 0.6 is 15.9 Å². The molecule has 0 saturated heterocycles. The van der Waals surface area contributed by atoms with Gasteiger partial charge < -0.3 is 5.32 Å². The molecular formula is C11H18BrN3. The molecule has 0 spiro atoms. The van der Waals surface area contributed by atoms with Crippen LogP contribution in [0.15, 0.2) is 4.47 Å². The monoisotopic (exact) mass is 271 g/mol. The van der Waals surface area contributed by atoms with Crippen LogP contribution in [0.25, 0.3) is 0 Å². The fourth-order valence-corrected chi connectivity index (χ4v) is 3.18. The summed E-state index contributed by atoms with van der Waals surface area (Å²) in [5.74, 6) is 0.677. The summed E-state index contributed by atoms with van der Waals surface area (Å²) in [5, 5.41) is 7.82. The van der Waals surface area contributed by atoms with Gasteiger partial charge in [0.1, 0.15) is 0 Å². The first-order chi connectivity index (χ1) is 7.24. The molecule has 1 heterocycles. The van der Waals surface area contributed by atoms with Gasteiger partial charge in [-0.25, -0.2) is 0 Å². The molecule has 84 valence electrons. The molecule has 4 heteroatoms. The molecule has 1 saturated carbocycles. The van der Waals surface area contributed by atoms with Crippen LogP contribution in [-0.2, 0) is 13.6 Å². The molecule has 1 aromatic heterocycles. The third-order valence-electron chi connectivity index (χ3n) is 3.21. The predicted molar refractivity (Wildman–Crippen MR) is 64.9 cm³/mol. The Hall–Kier alpha value is -0.350. The molecule has 0 bridgehead atoms. The van der Waals surface area contributed by atoms with E-state index in [0.717, 1.165) is 6.54 Å². The second-order valence-electron chi connectivity index (χ2n) is 4.28. The molecule has 0 radical (unpaired) electrons. The van der Waals surface area contributed by atoms with Crippen molar-refractivity contribution >= 4 is 15.9 Å². The van der Waals surface area contributed by atoms with Crippen LogP contribution in [0.3, 0.4) is 0 Å². The summed E-state index contributed by atoms with van der Waals surface area (Å²) in [7, 11) is 3.99. The van der Waals surface area contributed by atoms with Gasteiger partial charge in [-0.15, -0.1) is 0 Å². The van der Waals surface area contributed by atoms with Gasteiger partial charge >= 0.3 is 0 Å². The van der Waals surface area contributed by atoms with E-state index in [1.165, 1.54) is 41.5 Å². The number of nitrogens with zero attached hydrogens (tertiary/aromatic N) is 2. The standard InChI is InChI=1S/C11H18BrN3/c1-13-7-9-10(12)11(14-15(9)2)8-5-3-4-6-8/h8,13H,3-7H2,1-2H3. The van der Waals surface area contributed by atoms with Crippen LogP contribution in [0.1, 0.15) is 43.0 Å². The van der Waals surface area contributed by atoms with Gasteiger partial charge in [0.05, 0.1) is 15.9 Å². The lowest BCUT2D eigenvalue weighted by molar-refractivity contribution is 0.635. The van der Waals surface area contributed by atoms with E-state index in [1.54, 1.807) is 0 Å². The molecule has 2 rings (SSSR count). The topological polar surface area (TPSA) is 29.9 Å². The van der Waals surface area contributed by atoms with Crippen LogP contribution in [0, 0.1) is 0 Å². The number of aryl methyl sites for hydroxylation is 1. The van der Waals surface area contributed by atoms with Crippen molar-refractivity contribution in [2.24, 2.45) is 7.05 Å². The Morgan fingerprint density at radius 1 is 1.47 bits per heavy atom. The summed E-state index contributed by atoms with van der Waals surface area (Å²) in [6.45, 7) is 0.872. The van der Waals surface area contributed by atoms with Gasteiger partial charge in [-0.3, -0.25) is 4.68 Å². The maximum atomic E-state index is 4.64. The molecule has 1 aromatic rings. The van der Waals surface area contributed by atoms with Crippen LogP contribution in [0.2, 0.25) is 0 Å². The molecule has 1 aliphatic carbocycles. The van der Waals surface area contributed by atoms with E-state index in [9.17, 15) is 0 Å². The Bertz CT molecular complexity index is 340. The molecule has 0 atom stereocenters. The van der Waals surface area contributed by atoms with Gasteiger partial charge in [0, 0.05) is 19.5 Å². The van der Waals surface area contributed by atoms with Crippen molar-refractivity contribution in [3.8, 4) is 0 Å².